The molecule has 0 bridgehead atoms. The highest BCUT2D eigenvalue weighted by Crippen LogP contribution is 2.15. The molecule has 0 aliphatic heterocycles. The Morgan fingerprint density at radius 3 is 2.63 bits per heavy atom. The summed E-state index contributed by atoms with van der Waals surface area (Å²) in [5, 5.41) is 15.7. The van der Waals surface area contributed by atoms with Crippen LogP contribution < -0.4 is 5.56 Å². The van der Waals surface area contributed by atoms with E-state index in [0.717, 1.165) is 4.68 Å². The predicted octanol–water partition coefficient (Wildman–Crippen LogP) is 2.27. The lowest BCUT2D eigenvalue weighted by Gasteiger charge is -2.10. The minimum atomic E-state index is -0.665. The fraction of sp³-hybridized carbons (Fsp3) is 0.263. The van der Waals surface area contributed by atoms with E-state index in [1.165, 1.54) is 11.3 Å². The second kappa shape index (κ2) is 8.70. The van der Waals surface area contributed by atoms with Crippen molar-refractivity contribution in [3.8, 4) is 0 Å². The minimum absolute atomic E-state index is 0.0146. The fourth-order valence-electron chi connectivity index (χ4n) is 2.66. The van der Waals surface area contributed by atoms with Crippen molar-refractivity contribution in [3.63, 3.8) is 0 Å². The van der Waals surface area contributed by atoms with E-state index < -0.39 is 5.97 Å². The van der Waals surface area contributed by atoms with Crippen LogP contribution in [-0.4, -0.2) is 39.9 Å². The monoisotopic (exact) mass is 386 g/mol. The number of hydrogen-bond acceptors (Lipinski definition) is 7. The Morgan fingerprint density at radius 1 is 1.15 bits per heavy atom. The first-order valence-corrected chi connectivity index (χ1v) is 9.34. The zero-order valence-electron chi connectivity index (χ0n) is 14.5. The number of aliphatic hydroxyl groups is 1. The van der Waals surface area contributed by atoms with E-state index >= 15 is 0 Å². The van der Waals surface area contributed by atoms with Crippen LogP contribution in [0.2, 0.25) is 0 Å². The van der Waals surface area contributed by atoms with Crippen molar-refractivity contribution >= 4 is 33.9 Å². The molecule has 0 aliphatic rings. The second-order valence-corrected chi connectivity index (χ2v) is 6.73. The predicted molar refractivity (Wildman–Crippen MR) is 101 cm³/mol. The third kappa shape index (κ3) is 4.29. The number of nitrogens with zero attached hydrogens (tertiary/aromatic N) is 2. The molecule has 0 saturated heterocycles. The Labute approximate surface area is 158 Å². The van der Waals surface area contributed by atoms with Crippen LogP contribution in [0, 0.1) is 0 Å². The Morgan fingerprint density at radius 2 is 1.93 bits per heavy atom. The van der Waals surface area contributed by atoms with Crippen LogP contribution in [0.25, 0.3) is 10.8 Å². The number of rotatable bonds is 8. The van der Waals surface area contributed by atoms with Crippen molar-refractivity contribution in [1.29, 1.82) is 0 Å². The van der Waals surface area contributed by atoms with Gasteiger partial charge in [0.2, 0.25) is 0 Å². The van der Waals surface area contributed by atoms with Gasteiger partial charge in [0.15, 0.2) is 11.5 Å². The van der Waals surface area contributed by atoms with Crippen molar-refractivity contribution in [3.05, 3.63) is 62.7 Å². The molecule has 0 aliphatic carbocycles. The molecule has 0 amide bonds. The second-order valence-electron chi connectivity index (χ2n) is 5.79. The summed E-state index contributed by atoms with van der Waals surface area (Å²) < 4.78 is 6.30. The van der Waals surface area contributed by atoms with Crippen molar-refractivity contribution in [2.45, 2.75) is 19.4 Å². The van der Waals surface area contributed by atoms with Crippen LogP contribution in [0.15, 0.2) is 46.6 Å². The molecule has 0 unspecified atom stereocenters. The summed E-state index contributed by atoms with van der Waals surface area (Å²) in [6.45, 7) is -0.213. The Bertz CT molecular complexity index is 1010. The molecule has 7 nitrogen and oxygen atoms in total. The number of carbonyl (C=O) groups excluding carboxylic acids is 2. The van der Waals surface area contributed by atoms with E-state index in [0.29, 0.717) is 22.1 Å². The lowest BCUT2D eigenvalue weighted by atomic mass is 10.1. The van der Waals surface area contributed by atoms with Gasteiger partial charge in [-0.3, -0.25) is 9.59 Å². The zero-order chi connectivity index (χ0) is 19.2. The first-order chi connectivity index (χ1) is 13.1. The van der Waals surface area contributed by atoms with Crippen molar-refractivity contribution in [1.82, 2.24) is 9.78 Å². The Kier molecular flexibility index (Phi) is 6.10. The Balaban J connectivity index is 1.70. The molecule has 0 spiro atoms. The molecule has 2 aromatic heterocycles. The van der Waals surface area contributed by atoms with E-state index in [2.05, 4.69) is 5.10 Å². The molecule has 0 fully saturated rings. The van der Waals surface area contributed by atoms with Gasteiger partial charge >= 0.3 is 5.97 Å². The van der Waals surface area contributed by atoms with Gasteiger partial charge in [0.1, 0.15) is 0 Å². The number of carbonyl (C=O) groups is 2. The highest BCUT2D eigenvalue weighted by molar-refractivity contribution is 7.12. The lowest BCUT2D eigenvalue weighted by molar-refractivity contribution is 0.0486. The number of aliphatic hydroxyl groups excluding tert-OH is 1. The highest BCUT2D eigenvalue weighted by atomic mass is 32.1. The number of thiophene rings is 1. The first kappa shape index (κ1) is 18.9. The van der Waals surface area contributed by atoms with E-state index in [9.17, 15) is 14.4 Å². The highest BCUT2D eigenvalue weighted by Gasteiger charge is 2.18. The van der Waals surface area contributed by atoms with Crippen molar-refractivity contribution in [2.75, 3.05) is 13.2 Å². The van der Waals surface area contributed by atoms with E-state index in [4.69, 9.17) is 9.84 Å². The van der Waals surface area contributed by atoms with Crippen LogP contribution >= 0.6 is 11.3 Å². The van der Waals surface area contributed by atoms with Crippen LogP contribution in [0.3, 0.4) is 0 Å². The van der Waals surface area contributed by atoms with Gasteiger partial charge in [-0.1, -0.05) is 24.3 Å². The van der Waals surface area contributed by atoms with Gasteiger partial charge in [0, 0.05) is 11.8 Å². The number of benzene rings is 1. The average Bonchev–Trinajstić information content (AvgIpc) is 3.22. The summed E-state index contributed by atoms with van der Waals surface area (Å²) in [5.41, 5.74) is -0.360. The summed E-state index contributed by atoms with van der Waals surface area (Å²) in [6, 6.07) is 10.2. The number of aromatic nitrogens is 2. The van der Waals surface area contributed by atoms with Gasteiger partial charge in [0.05, 0.1) is 30.0 Å². The summed E-state index contributed by atoms with van der Waals surface area (Å²) in [7, 11) is 0. The minimum Gasteiger partial charge on any atom is -0.461 e. The van der Waals surface area contributed by atoms with Crippen LogP contribution in [0.1, 0.15) is 33.0 Å². The third-order valence-corrected chi connectivity index (χ3v) is 4.86. The maximum atomic E-state index is 12.5. The van der Waals surface area contributed by atoms with Crippen LogP contribution in [0.5, 0.6) is 0 Å². The zero-order valence-corrected chi connectivity index (χ0v) is 15.3. The molecule has 0 atom stereocenters. The third-order valence-electron chi connectivity index (χ3n) is 3.95. The van der Waals surface area contributed by atoms with Gasteiger partial charge in [-0.2, -0.15) is 5.10 Å². The van der Waals surface area contributed by atoms with Crippen molar-refractivity contribution in [2.24, 2.45) is 0 Å². The molecule has 27 heavy (non-hydrogen) atoms. The molecule has 0 saturated carbocycles. The molecule has 3 rings (SSSR count). The molecule has 140 valence electrons. The number of fused-ring (bicyclic) bond motifs is 1. The molecular formula is C19H18N2O5S. The number of Topliss-reactive ketones (excluding diaryl/α,β-unsaturated/α-hetero) is 1. The number of ether oxygens (including phenoxy) is 1. The maximum absolute atomic E-state index is 12.5. The molecule has 0 radical (unpaired) electrons. The maximum Gasteiger partial charge on any atom is 0.359 e. The average molecular weight is 386 g/mol. The molecule has 2 heterocycles. The summed E-state index contributed by atoms with van der Waals surface area (Å²) in [5.74, 6) is -0.650. The van der Waals surface area contributed by atoms with E-state index in [1.54, 1.807) is 30.3 Å². The standard InChI is InChI=1S/C19H18N2O5S/c22-10-9-21-18(24)14-6-2-1-5-13(14)17(20-21)19(25)26-11-3-7-15(23)16-8-4-12-27-16/h1-2,4-6,8,12,22H,3,7,9-11H2. The molecular weight excluding hydrogens is 368 g/mol. The van der Waals surface area contributed by atoms with Gasteiger partial charge < -0.3 is 9.84 Å². The van der Waals surface area contributed by atoms with Crippen molar-refractivity contribution < 1.29 is 19.4 Å². The first-order valence-electron chi connectivity index (χ1n) is 8.46. The van der Waals surface area contributed by atoms with E-state index in [1.807, 2.05) is 11.4 Å². The van der Waals surface area contributed by atoms with Gasteiger partial charge in [-0.25, -0.2) is 9.48 Å². The molecule has 8 heteroatoms. The summed E-state index contributed by atoms with van der Waals surface area (Å²) in [4.78, 5) is 37.4. The molecule has 1 aromatic carbocycles. The van der Waals surface area contributed by atoms with Crippen LogP contribution in [0.4, 0.5) is 0 Å². The largest absolute Gasteiger partial charge is 0.461 e. The van der Waals surface area contributed by atoms with Gasteiger partial charge in [0.25, 0.3) is 5.56 Å². The quantitative estimate of drug-likeness (QED) is 0.362. The normalized spacial score (nSPS) is 10.9. The molecule has 1 N–H and O–H groups in total. The number of hydrogen-bond donors (Lipinski definition) is 1. The lowest BCUT2D eigenvalue weighted by Crippen LogP contribution is -2.27. The van der Waals surface area contributed by atoms with Gasteiger partial charge in [-0.15, -0.1) is 11.3 Å². The smallest absolute Gasteiger partial charge is 0.359 e. The van der Waals surface area contributed by atoms with Gasteiger partial charge in [-0.05, 0) is 23.9 Å². The number of ketones is 1. The fourth-order valence-corrected chi connectivity index (χ4v) is 3.35. The topological polar surface area (TPSA) is 98.5 Å². The number of esters is 1. The van der Waals surface area contributed by atoms with E-state index in [-0.39, 0.29) is 43.2 Å². The summed E-state index contributed by atoms with van der Waals surface area (Å²) in [6.07, 6.45) is 0.683. The van der Waals surface area contributed by atoms with Crippen LogP contribution in [-0.2, 0) is 11.3 Å². The molecule has 3 aromatic rings. The Hall–Kier alpha value is -2.84. The summed E-state index contributed by atoms with van der Waals surface area (Å²) >= 11 is 1.38. The SMILES string of the molecule is O=C(CCCOC(=O)c1nn(CCO)c(=O)c2ccccc12)c1cccs1.